The molecule has 0 aromatic heterocycles. The standard InChI is InChI=1S/C20H18/c1-12-2-4-13(5-3-12)14-8-9-17-18(11-14)20-16-7-6-15(10-16)19(17)20/h2-9,11,15-16,19-20H,10H2,1H3/t15?,16?,19-,20+/m0/s1. The highest BCUT2D eigenvalue weighted by atomic mass is 14.6. The molecule has 0 nitrogen and oxygen atoms in total. The molecule has 1 saturated carbocycles. The van der Waals surface area contributed by atoms with Crippen LogP contribution in [0.2, 0.25) is 0 Å². The van der Waals surface area contributed by atoms with Gasteiger partial charge < -0.3 is 0 Å². The maximum atomic E-state index is 2.47. The van der Waals surface area contributed by atoms with Gasteiger partial charge in [-0.05, 0) is 59.3 Å². The molecule has 0 spiro atoms. The molecule has 1 fully saturated rings. The molecule has 98 valence electrons. The van der Waals surface area contributed by atoms with E-state index < -0.39 is 0 Å². The fourth-order valence-electron chi connectivity index (χ4n) is 4.67. The third-order valence-electron chi connectivity index (χ3n) is 5.65. The van der Waals surface area contributed by atoms with Gasteiger partial charge in [0.15, 0.2) is 0 Å². The van der Waals surface area contributed by atoms with Crippen molar-refractivity contribution in [1.82, 2.24) is 0 Å². The average Bonchev–Trinajstić information content (AvgIpc) is 3.02. The van der Waals surface area contributed by atoms with Crippen LogP contribution in [0.5, 0.6) is 0 Å². The van der Waals surface area contributed by atoms with Gasteiger partial charge in [-0.15, -0.1) is 0 Å². The Labute approximate surface area is 120 Å². The van der Waals surface area contributed by atoms with E-state index in [0.29, 0.717) is 0 Å². The number of hydrogen-bond acceptors (Lipinski definition) is 0. The Kier molecular flexibility index (Phi) is 1.98. The van der Waals surface area contributed by atoms with Gasteiger partial charge in [-0.25, -0.2) is 0 Å². The molecule has 2 unspecified atom stereocenters. The number of hydrogen-bond donors (Lipinski definition) is 0. The van der Waals surface area contributed by atoms with E-state index in [9.17, 15) is 0 Å². The molecule has 0 heterocycles. The van der Waals surface area contributed by atoms with Gasteiger partial charge in [0, 0.05) is 0 Å². The van der Waals surface area contributed by atoms with Crippen LogP contribution in [-0.2, 0) is 0 Å². The van der Waals surface area contributed by atoms with Crippen LogP contribution in [0.25, 0.3) is 11.1 Å². The van der Waals surface area contributed by atoms with Crippen molar-refractivity contribution in [1.29, 1.82) is 0 Å². The predicted molar refractivity (Wildman–Crippen MR) is 82.8 cm³/mol. The van der Waals surface area contributed by atoms with Crippen LogP contribution in [-0.4, -0.2) is 0 Å². The summed E-state index contributed by atoms with van der Waals surface area (Å²) in [4.78, 5) is 0. The quantitative estimate of drug-likeness (QED) is 0.628. The zero-order valence-electron chi connectivity index (χ0n) is 11.7. The Morgan fingerprint density at radius 1 is 0.750 bits per heavy atom. The van der Waals surface area contributed by atoms with E-state index in [2.05, 4.69) is 61.5 Å². The maximum Gasteiger partial charge on any atom is -0.00211 e. The Morgan fingerprint density at radius 3 is 2.15 bits per heavy atom. The van der Waals surface area contributed by atoms with E-state index in [0.717, 1.165) is 23.7 Å². The molecular weight excluding hydrogens is 240 g/mol. The first-order valence-electron chi connectivity index (χ1n) is 7.70. The van der Waals surface area contributed by atoms with Crippen LogP contribution < -0.4 is 0 Å². The second-order valence-electron chi connectivity index (χ2n) is 6.71. The fraction of sp³-hybridized carbons (Fsp3) is 0.300. The SMILES string of the molecule is Cc1ccc(-c2ccc3c(c2)[C@H]2C4C=CC(C4)[C@@H]32)cc1. The van der Waals surface area contributed by atoms with Gasteiger partial charge in [-0.1, -0.05) is 60.2 Å². The topological polar surface area (TPSA) is 0 Å². The Balaban J connectivity index is 1.58. The van der Waals surface area contributed by atoms with Gasteiger partial charge in [-0.2, -0.15) is 0 Å². The molecule has 2 aromatic rings. The second kappa shape index (κ2) is 3.63. The Hall–Kier alpha value is -1.82. The van der Waals surface area contributed by atoms with E-state index in [4.69, 9.17) is 0 Å². The number of benzene rings is 2. The van der Waals surface area contributed by atoms with Crippen LogP contribution in [0.4, 0.5) is 0 Å². The minimum atomic E-state index is 0.824. The lowest BCUT2D eigenvalue weighted by molar-refractivity contribution is 0.444. The van der Waals surface area contributed by atoms with Crippen molar-refractivity contribution in [2.75, 3.05) is 0 Å². The highest BCUT2D eigenvalue weighted by Crippen LogP contribution is 2.65. The summed E-state index contributed by atoms with van der Waals surface area (Å²) in [5, 5.41) is 0. The normalized spacial score (nSPS) is 31.9. The molecule has 2 aromatic carbocycles. The number of aryl methyl sites for hydroxylation is 1. The Morgan fingerprint density at radius 2 is 1.40 bits per heavy atom. The predicted octanol–water partition coefficient (Wildman–Crippen LogP) is 5.05. The van der Waals surface area contributed by atoms with E-state index in [1.165, 1.54) is 23.1 Å². The molecule has 0 radical (unpaired) electrons. The van der Waals surface area contributed by atoms with Gasteiger partial charge in [0.05, 0.1) is 0 Å². The molecule has 2 bridgehead atoms. The van der Waals surface area contributed by atoms with E-state index in [1.54, 1.807) is 11.1 Å². The summed E-state index contributed by atoms with van der Waals surface area (Å²) in [7, 11) is 0. The van der Waals surface area contributed by atoms with Crippen molar-refractivity contribution < 1.29 is 0 Å². The lowest BCUT2D eigenvalue weighted by Crippen LogP contribution is -2.27. The summed E-state index contributed by atoms with van der Waals surface area (Å²) in [5.41, 5.74) is 7.32. The first-order valence-corrected chi connectivity index (χ1v) is 7.70. The van der Waals surface area contributed by atoms with E-state index in [-0.39, 0.29) is 0 Å². The van der Waals surface area contributed by atoms with Crippen LogP contribution in [0.3, 0.4) is 0 Å². The highest BCUT2D eigenvalue weighted by molar-refractivity contribution is 5.68. The fourth-order valence-corrected chi connectivity index (χ4v) is 4.67. The molecule has 0 heteroatoms. The van der Waals surface area contributed by atoms with E-state index in [1.807, 2.05) is 0 Å². The van der Waals surface area contributed by atoms with Crippen molar-refractivity contribution in [3.63, 3.8) is 0 Å². The molecular formula is C20H18. The first-order chi connectivity index (χ1) is 9.81. The number of rotatable bonds is 1. The molecule has 0 aliphatic heterocycles. The van der Waals surface area contributed by atoms with Gasteiger partial charge in [0.25, 0.3) is 0 Å². The number of fused-ring (bicyclic) bond motifs is 8. The summed E-state index contributed by atoms with van der Waals surface area (Å²) in [5.74, 6) is 3.32. The maximum absolute atomic E-state index is 2.47. The summed E-state index contributed by atoms with van der Waals surface area (Å²) >= 11 is 0. The van der Waals surface area contributed by atoms with Crippen LogP contribution in [0.1, 0.15) is 34.9 Å². The first kappa shape index (κ1) is 10.9. The van der Waals surface area contributed by atoms with Crippen molar-refractivity contribution in [2.24, 2.45) is 11.8 Å². The minimum absolute atomic E-state index is 0.824. The third kappa shape index (κ3) is 1.27. The highest BCUT2D eigenvalue weighted by Gasteiger charge is 2.52. The third-order valence-corrected chi connectivity index (χ3v) is 5.65. The molecule has 5 rings (SSSR count). The van der Waals surface area contributed by atoms with Gasteiger partial charge in [0.2, 0.25) is 0 Å². The summed E-state index contributed by atoms with van der Waals surface area (Å²) in [6.45, 7) is 2.15. The molecule has 3 aliphatic carbocycles. The smallest absolute Gasteiger partial charge is 0.00211 e. The Bertz CT molecular complexity index is 720. The van der Waals surface area contributed by atoms with Gasteiger partial charge in [-0.3, -0.25) is 0 Å². The molecule has 20 heavy (non-hydrogen) atoms. The molecule has 0 N–H and O–H groups in total. The zero-order chi connectivity index (χ0) is 13.3. The zero-order valence-corrected chi connectivity index (χ0v) is 11.7. The molecule has 4 atom stereocenters. The van der Waals surface area contributed by atoms with Crippen LogP contribution in [0.15, 0.2) is 54.6 Å². The lowest BCUT2D eigenvalue weighted by Gasteiger charge is -2.41. The van der Waals surface area contributed by atoms with Crippen LogP contribution in [0, 0.1) is 18.8 Å². The average molecular weight is 258 g/mol. The van der Waals surface area contributed by atoms with Crippen LogP contribution >= 0.6 is 0 Å². The van der Waals surface area contributed by atoms with Crippen molar-refractivity contribution in [3.05, 3.63) is 71.3 Å². The molecule has 0 saturated heterocycles. The summed E-state index contributed by atoms with van der Waals surface area (Å²) < 4.78 is 0. The van der Waals surface area contributed by atoms with Gasteiger partial charge in [0.1, 0.15) is 0 Å². The van der Waals surface area contributed by atoms with Crippen molar-refractivity contribution in [3.8, 4) is 11.1 Å². The number of allylic oxidation sites excluding steroid dienone is 2. The second-order valence-corrected chi connectivity index (χ2v) is 6.71. The lowest BCUT2D eigenvalue weighted by atomic mass is 9.63. The summed E-state index contributed by atoms with van der Waals surface area (Å²) in [6, 6.07) is 16.1. The van der Waals surface area contributed by atoms with Crippen molar-refractivity contribution in [2.45, 2.75) is 25.2 Å². The monoisotopic (exact) mass is 258 g/mol. The minimum Gasteiger partial charge on any atom is -0.0845 e. The van der Waals surface area contributed by atoms with Gasteiger partial charge >= 0.3 is 0 Å². The van der Waals surface area contributed by atoms with E-state index >= 15 is 0 Å². The molecule has 3 aliphatic rings. The molecule has 0 amide bonds. The van der Waals surface area contributed by atoms with Crippen molar-refractivity contribution >= 4 is 0 Å². The summed E-state index contributed by atoms with van der Waals surface area (Å²) in [6.07, 6.45) is 6.32. The largest absolute Gasteiger partial charge is 0.0845 e.